The summed E-state index contributed by atoms with van der Waals surface area (Å²) in [6.07, 6.45) is 1.37. The van der Waals surface area contributed by atoms with Gasteiger partial charge in [0.05, 0.1) is 16.1 Å². The van der Waals surface area contributed by atoms with E-state index in [4.69, 9.17) is 11.6 Å². The van der Waals surface area contributed by atoms with Gasteiger partial charge in [-0.1, -0.05) is 11.6 Å². The minimum Gasteiger partial charge on any atom is -0.326 e. The molecule has 0 unspecified atom stereocenters. The molecule has 8 nitrogen and oxygen atoms in total. The average molecular weight is 360 g/mol. The number of amides is 1. The predicted molar refractivity (Wildman–Crippen MR) is 83.7 cm³/mol. The van der Waals surface area contributed by atoms with Crippen molar-refractivity contribution >= 4 is 38.9 Å². The number of rotatable bonds is 5. The van der Waals surface area contributed by atoms with Gasteiger partial charge in [0.25, 0.3) is 5.69 Å². The van der Waals surface area contributed by atoms with E-state index in [2.05, 4.69) is 5.32 Å². The quantitative estimate of drug-likeness (QED) is 0.634. The van der Waals surface area contributed by atoms with Gasteiger partial charge in [0.1, 0.15) is 5.02 Å². The highest BCUT2D eigenvalue weighted by atomic mass is 35.5. The Hall–Kier alpha value is -1.71. The van der Waals surface area contributed by atoms with Gasteiger partial charge in [-0.15, -0.1) is 0 Å². The monoisotopic (exact) mass is 359 g/mol. The average Bonchev–Trinajstić information content (AvgIpc) is 3.23. The Kier molecular flexibility index (Phi) is 4.03. The fourth-order valence-corrected chi connectivity index (χ4v) is 4.48. The molecule has 1 heterocycles. The van der Waals surface area contributed by atoms with Crippen LogP contribution in [0.25, 0.3) is 0 Å². The Balaban J connectivity index is 1.61. The van der Waals surface area contributed by atoms with Crippen LogP contribution in [-0.4, -0.2) is 41.9 Å². The molecule has 1 aromatic rings. The van der Waals surface area contributed by atoms with E-state index >= 15 is 0 Å². The molecule has 124 valence electrons. The maximum Gasteiger partial charge on any atom is 0.289 e. The van der Waals surface area contributed by atoms with Gasteiger partial charge in [0.15, 0.2) is 0 Å². The Morgan fingerprint density at radius 2 is 2.00 bits per heavy atom. The molecule has 1 saturated heterocycles. The number of sulfonamides is 1. The summed E-state index contributed by atoms with van der Waals surface area (Å²) in [4.78, 5) is 22.3. The lowest BCUT2D eigenvalue weighted by atomic mass is 10.0. The fourth-order valence-electron chi connectivity index (χ4n) is 2.36. The van der Waals surface area contributed by atoms with Crippen molar-refractivity contribution in [3.05, 3.63) is 33.3 Å². The zero-order valence-electron chi connectivity index (χ0n) is 11.9. The van der Waals surface area contributed by atoms with Crippen molar-refractivity contribution in [2.24, 2.45) is 5.92 Å². The number of nitrogens with zero attached hydrogens (tertiary/aromatic N) is 2. The Bertz CT molecular complexity index is 772. The first kappa shape index (κ1) is 16.2. The van der Waals surface area contributed by atoms with Crippen LogP contribution in [0.4, 0.5) is 11.4 Å². The van der Waals surface area contributed by atoms with Gasteiger partial charge >= 0.3 is 0 Å². The summed E-state index contributed by atoms with van der Waals surface area (Å²) in [5.74, 6) is -0.804. The summed E-state index contributed by atoms with van der Waals surface area (Å²) in [6.45, 7) is 0.306. The zero-order valence-corrected chi connectivity index (χ0v) is 13.5. The summed E-state index contributed by atoms with van der Waals surface area (Å²) in [6, 6.07) is 3.97. The lowest BCUT2D eigenvalue weighted by molar-refractivity contribution is -0.384. The van der Waals surface area contributed by atoms with Gasteiger partial charge in [-0.2, -0.15) is 4.31 Å². The molecule has 1 amide bonds. The van der Waals surface area contributed by atoms with E-state index < -0.39 is 20.9 Å². The van der Waals surface area contributed by atoms with E-state index in [9.17, 15) is 23.3 Å². The number of benzene rings is 1. The van der Waals surface area contributed by atoms with Crippen molar-refractivity contribution in [1.29, 1.82) is 0 Å². The Morgan fingerprint density at radius 1 is 1.35 bits per heavy atom. The molecule has 23 heavy (non-hydrogen) atoms. The topological polar surface area (TPSA) is 110 Å². The molecule has 0 radical (unpaired) electrons. The van der Waals surface area contributed by atoms with Crippen LogP contribution < -0.4 is 5.32 Å². The molecule has 3 rings (SSSR count). The van der Waals surface area contributed by atoms with Crippen LogP contribution in [0, 0.1) is 16.0 Å². The molecular formula is C13H14ClN3O5S. The Labute approximate surface area is 137 Å². The van der Waals surface area contributed by atoms with Gasteiger partial charge in [-0.05, 0) is 25.0 Å². The molecule has 2 fully saturated rings. The summed E-state index contributed by atoms with van der Waals surface area (Å²) in [5, 5.41) is 13.1. The molecular weight excluding hydrogens is 346 g/mol. The van der Waals surface area contributed by atoms with Crippen LogP contribution in [0.3, 0.4) is 0 Å². The molecule has 10 heteroatoms. The highest BCUT2D eigenvalue weighted by molar-refractivity contribution is 7.90. The van der Waals surface area contributed by atoms with Crippen LogP contribution in [0.1, 0.15) is 12.8 Å². The third-order valence-electron chi connectivity index (χ3n) is 3.93. The molecule has 0 atom stereocenters. The standard InChI is InChI=1S/C13H14ClN3O5S/c14-11-4-1-9(5-12(11)17(19)20)15-13(18)8-6-16(7-8)23(21,22)10-2-3-10/h1,4-5,8,10H,2-3,6-7H2,(H,15,18). The SMILES string of the molecule is O=C(Nc1ccc(Cl)c([N+](=O)[O-])c1)C1CN(S(=O)(=O)C2CC2)C1. The maximum absolute atomic E-state index is 12.1. The van der Waals surface area contributed by atoms with Gasteiger partial charge in [-0.25, -0.2) is 8.42 Å². The van der Waals surface area contributed by atoms with Crippen molar-refractivity contribution in [3.63, 3.8) is 0 Å². The van der Waals surface area contributed by atoms with E-state index in [-0.39, 0.29) is 40.6 Å². The van der Waals surface area contributed by atoms with Crippen molar-refractivity contribution in [3.8, 4) is 0 Å². The molecule has 0 aromatic heterocycles. The molecule has 2 aliphatic rings. The number of hydrogen-bond acceptors (Lipinski definition) is 5. The normalized spacial score (nSPS) is 19.2. The van der Waals surface area contributed by atoms with E-state index in [1.165, 1.54) is 22.5 Å². The lowest BCUT2D eigenvalue weighted by Crippen LogP contribution is -2.55. The third kappa shape index (κ3) is 3.17. The zero-order chi connectivity index (χ0) is 16.8. The maximum atomic E-state index is 12.1. The van der Waals surface area contributed by atoms with E-state index in [1.807, 2.05) is 0 Å². The number of nitro groups is 1. The summed E-state index contributed by atoms with van der Waals surface area (Å²) in [7, 11) is -3.25. The largest absolute Gasteiger partial charge is 0.326 e. The van der Waals surface area contributed by atoms with Crippen molar-refractivity contribution in [2.75, 3.05) is 18.4 Å². The van der Waals surface area contributed by atoms with E-state index in [0.717, 1.165) is 0 Å². The molecule has 1 aliphatic carbocycles. The fraction of sp³-hybridized carbons (Fsp3) is 0.462. The number of anilines is 1. The molecule has 0 bridgehead atoms. The first-order valence-corrected chi connectivity index (χ1v) is 8.91. The van der Waals surface area contributed by atoms with Gasteiger partial charge in [0, 0.05) is 24.8 Å². The lowest BCUT2D eigenvalue weighted by Gasteiger charge is -2.37. The number of halogens is 1. The van der Waals surface area contributed by atoms with Crippen molar-refractivity contribution in [1.82, 2.24) is 4.31 Å². The van der Waals surface area contributed by atoms with Crippen LogP contribution in [0.15, 0.2) is 18.2 Å². The van der Waals surface area contributed by atoms with E-state index in [1.54, 1.807) is 0 Å². The predicted octanol–water partition coefficient (Wildman–Crippen LogP) is 1.61. The minimum absolute atomic E-state index is 0.0154. The summed E-state index contributed by atoms with van der Waals surface area (Å²) < 4.78 is 25.2. The highest BCUT2D eigenvalue weighted by Gasteiger charge is 2.46. The first-order chi connectivity index (χ1) is 10.8. The van der Waals surface area contributed by atoms with Crippen LogP contribution in [0.5, 0.6) is 0 Å². The molecule has 1 aliphatic heterocycles. The summed E-state index contributed by atoms with van der Waals surface area (Å²) >= 11 is 5.71. The van der Waals surface area contributed by atoms with Gasteiger partial charge < -0.3 is 5.32 Å². The number of nitro benzene ring substituents is 1. The van der Waals surface area contributed by atoms with Crippen LogP contribution in [0.2, 0.25) is 5.02 Å². The van der Waals surface area contributed by atoms with Gasteiger partial charge in [-0.3, -0.25) is 14.9 Å². The highest BCUT2D eigenvalue weighted by Crippen LogP contribution is 2.35. The molecule has 1 aromatic carbocycles. The minimum atomic E-state index is -3.25. The smallest absolute Gasteiger partial charge is 0.289 e. The first-order valence-electron chi connectivity index (χ1n) is 7.03. The number of hydrogen-bond donors (Lipinski definition) is 1. The number of carbonyl (C=O) groups is 1. The second kappa shape index (κ2) is 5.73. The third-order valence-corrected chi connectivity index (χ3v) is 6.59. The van der Waals surface area contributed by atoms with E-state index in [0.29, 0.717) is 12.8 Å². The van der Waals surface area contributed by atoms with Crippen LogP contribution in [-0.2, 0) is 14.8 Å². The Morgan fingerprint density at radius 3 is 2.57 bits per heavy atom. The second-order valence-corrected chi connectivity index (χ2v) is 8.29. The molecule has 0 spiro atoms. The van der Waals surface area contributed by atoms with Gasteiger partial charge in [0.2, 0.25) is 15.9 Å². The van der Waals surface area contributed by atoms with Crippen molar-refractivity contribution in [2.45, 2.75) is 18.1 Å². The number of carbonyl (C=O) groups excluding carboxylic acids is 1. The van der Waals surface area contributed by atoms with Crippen LogP contribution >= 0.6 is 11.6 Å². The molecule has 1 saturated carbocycles. The molecule has 1 N–H and O–H groups in total. The van der Waals surface area contributed by atoms with Crippen molar-refractivity contribution < 1.29 is 18.1 Å². The number of nitrogens with one attached hydrogen (secondary N) is 1. The summed E-state index contributed by atoms with van der Waals surface area (Å²) in [5.41, 5.74) is -0.0365. The second-order valence-electron chi connectivity index (χ2n) is 5.67.